The van der Waals surface area contributed by atoms with Crippen molar-refractivity contribution in [3.05, 3.63) is 42.0 Å². The number of hydrogen-bond acceptors (Lipinski definition) is 3. The summed E-state index contributed by atoms with van der Waals surface area (Å²) in [5.74, 6) is -1.40. The summed E-state index contributed by atoms with van der Waals surface area (Å²) >= 11 is 0. The third kappa shape index (κ3) is 5.25. The van der Waals surface area contributed by atoms with Gasteiger partial charge in [-0.2, -0.15) is 0 Å². The van der Waals surface area contributed by atoms with E-state index in [-0.39, 0.29) is 12.2 Å². The minimum Gasteiger partial charge on any atom is -0.508 e. The SMILES string of the molecule is CC/C=C/C(=O)N[C@@H](Cc1ccc(O)cc1)C(=O)O. The Labute approximate surface area is 111 Å². The van der Waals surface area contributed by atoms with Gasteiger partial charge in [-0.1, -0.05) is 25.1 Å². The number of allylic oxidation sites excluding steroid dienone is 1. The molecule has 5 heteroatoms. The minimum absolute atomic E-state index is 0.116. The molecule has 0 bridgehead atoms. The van der Waals surface area contributed by atoms with Crippen molar-refractivity contribution in [2.45, 2.75) is 25.8 Å². The standard InChI is InChI=1S/C14H17NO4/c1-2-3-4-13(17)15-12(14(18)19)9-10-5-7-11(16)8-6-10/h3-8,12,16H,2,9H2,1H3,(H,15,17)(H,18,19)/b4-3+/t12-/m0/s1. The summed E-state index contributed by atoms with van der Waals surface area (Å²) in [5.41, 5.74) is 0.727. The van der Waals surface area contributed by atoms with Gasteiger partial charge in [0.15, 0.2) is 0 Å². The number of phenols is 1. The number of carboxylic acid groups (broad SMARTS) is 1. The van der Waals surface area contributed by atoms with Gasteiger partial charge in [-0.3, -0.25) is 4.79 Å². The molecule has 0 aliphatic carbocycles. The van der Waals surface area contributed by atoms with E-state index < -0.39 is 17.9 Å². The predicted molar refractivity (Wildman–Crippen MR) is 70.8 cm³/mol. The molecule has 0 unspecified atom stereocenters. The summed E-state index contributed by atoms with van der Waals surface area (Å²) in [5, 5.41) is 20.6. The molecule has 0 radical (unpaired) electrons. The molecule has 0 saturated heterocycles. The summed E-state index contributed by atoms with van der Waals surface area (Å²) in [4.78, 5) is 22.6. The van der Waals surface area contributed by atoms with E-state index in [9.17, 15) is 9.59 Å². The maximum absolute atomic E-state index is 11.5. The summed E-state index contributed by atoms with van der Waals surface area (Å²) in [6, 6.07) is 5.22. The average molecular weight is 263 g/mol. The van der Waals surface area contributed by atoms with Crippen LogP contribution in [0.4, 0.5) is 0 Å². The molecule has 0 heterocycles. The number of benzene rings is 1. The summed E-state index contributed by atoms with van der Waals surface area (Å²) in [7, 11) is 0. The Balaban J connectivity index is 2.68. The Bertz CT molecular complexity index is 465. The first kappa shape index (κ1) is 14.8. The van der Waals surface area contributed by atoms with Crippen LogP contribution in [-0.4, -0.2) is 28.1 Å². The quantitative estimate of drug-likeness (QED) is 0.678. The van der Waals surface area contributed by atoms with E-state index in [2.05, 4.69) is 5.32 Å². The molecular formula is C14H17NO4. The molecule has 0 aliphatic rings. The Morgan fingerprint density at radius 3 is 2.47 bits per heavy atom. The number of carboxylic acids is 1. The zero-order valence-electron chi connectivity index (χ0n) is 10.7. The van der Waals surface area contributed by atoms with Crippen molar-refractivity contribution in [3.63, 3.8) is 0 Å². The highest BCUT2D eigenvalue weighted by atomic mass is 16.4. The first-order chi connectivity index (χ1) is 9.02. The maximum Gasteiger partial charge on any atom is 0.326 e. The molecule has 1 atom stereocenters. The number of phenolic OH excluding ortho intramolecular Hbond substituents is 1. The van der Waals surface area contributed by atoms with E-state index in [0.717, 1.165) is 5.56 Å². The van der Waals surface area contributed by atoms with Crippen molar-refractivity contribution >= 4 is 11.9 Å². The first-order valence-corrected chi connectivity index (χ1v) is 6.00. The highest BCUT2D eigenvalue weighted by molar-refractivity contribution is 5.91. The molecule has 1 rings (SSSR count). The van der Waals surface area contributed by atoms with Gasteiger partial charge in [0.2, 0.25) is 5.91 Å². The average Bonchev–Trinajstić information content (AvgIpc) is 2.38. The smallest absolute Gasteiger partial charge is 0.326 e. The largest absolute Gasteiger partial charge is 0.508 e. The van der Waals surface area contributed by atoms with Crippen LogP contribution in [0, 0.1) is 0 Å². The number of nitrogens with one attached hydrogen (secondary N) is 1. The van der Waals surface area contributed by atoms with E-state index in [4.69, 9.17) is 10.2 Å². The van der Waals surface area contributed by atoms with Gasteiger partial charge in [-0.05, 0) is 30.2 Å². The molecule has 0 aromatic heterocycles. The van der Waals surface area contributed by atoms with Crippen LogP contribution in [0.1, 0.15) is 18.9 Å². The van der Waals surface area contributed by atoms with Crippen molar-refractivity contribution in [2.75, 3.05) is 0 Å². The fourth-order valence-corrected chi connectivity index (χ4v) is 1.51. The Kier molecular flexibility index (Phi) is 5.60. The van der Waals surface area contributed by atoms with Gasteiger partial charge < -0.3 is 15.5 Å². The van der Waals surface area contributed by atoms with Crippen molar-refractivity contribution in [1.29, 1.82) is 0 Å². The van der Waals surface area contributed by atoms with E-state index in [1.165, 1.54) is 18.2 Å². The Morgan fingerprint density at radius 2 is 1.95 bits per heavy atom. The summed E-state index contributed by atoms with van der Waals surface area (Å²) < 4.78 is 0. The zero-order valence-corrected chi connectivity index (χ0v) is 10.7. The lowest BCUT2D eigenvalue weighted by Gasteiger charge is -2.13. The van der Waals surface area contributed by atoms with E-state index in [0.29, 0.717) is 6.42 Å². The Morgan fingerprint density at radius 1 is 1.32 bits per heavy atom. The van der Waals surface area contributed by atoms with E-state index in [1.807, 2.05) is 6.92 Å². The van der Waals surface area contributed by atoms with Crippen molar-refractivity contribution in [2.24, 2.45) is 0 Å². The maximum atomic E-state index is 11.5. The van der Waals surface area contributed by atoms with Crippen LogP contribution in [0.2, 0.25) is 0 Å². The van der Waals surface area contributed by atoms with Crippen molar-refractivity contribution in [3.8, 4) is 5.75 Å². The van der Waals surface area contributed by atoms with Gasteiger partial charge in [0.1, 0.15) is 11.8 Å². The van der Waals surface area contributed by atoms with Crippen LogP contribution in [0.25, 0.3) is 0 Å². The van der Waals surface area contributed by atoms with Crippen LogP contribution in [0.3, 0.4) is 0 Å². The van der Waals surface area contributed by atoms with Gasteiger partial charge in [-0.15, -0.1) is 0 Å². The molecular weight excluding hydrogens is 246 g/mol. The minimum atomic E-state index is -1.09. The number of carbonyl (C=O) groups is 2. The third-order valence-electron chi connectivity index (χ3n) is 2.50. The number of rotatable bonds is 6. The summed E-state index contributed by atoms with van der Waals surface area (Å²) in [6.07, 6.45) is 3.87. The van der Waals surface area contributed by atoms with Crippen LogP contribution in [0.15, 0.2) is 36.4 Å². The van der Waals surface area contributed by atoms with Crippen LogP contribution >= 0.6 is 0 Å². The highest BCUT2D eigenvalue weighted by Crippen LogP contribution is 2.11. The number of amides is 1. The molecule has 0 fully saturated rings. The predicted octanol–water partition coefficient (Wildman–Crippen LogP) is 1.47. The van der Waals surface area contributed by atoms with Gasteiger partial charge >= 0.3 is 5.97 Å². The van der Waals surface area contributed by atoms with Gasteiger partial charge in [0.05, 0.1) is 0 Å². The van der Waals surface area contributed by atoms with Gasteiger partial charge in [0, 0.05) is 6.42 Å². The molecule has 5 nitrogen and oxygen atoms in total. The number of aromatic hydroxyl groups is 1. The fourth-order valence-electron chi connectivity index (χ4n) is 1.51. The third-order valence-corrected chi connectivity index (χ3v) is 2.50. The van der Waals surface area contributed by atoms with Crippen LogP contribution in [0.5, 0.6) is 5.75 Å². The molecule has 0 spiro atoms. The highest BCUT2D eigenvalue weighted by Gasteiger charge is 2.19. The second kappa shape index (κ2) is 7.20. The van der Waals surface area contributed by atoms with E-state index in [1.54, 1.807) is 18.2 Å². The van der Waals surface area contributed by atoms with Crippen molar-refractivity contribution < 1.29 is 19.8 Å². The molecule has 0 saturated carbocycles. The van der Waals surface area contributed by atoms with Crippen LogP contribution < -0.4 is 5.32 Å². The first-order valence-electron chi connectivity index (χ1n) is 6.00. The normalized spacial score (nSPS) is 12.3. The monoisotopic (exact) mass is 263 g/mol. The number of hydrogen-bond donors (Lipinski definition) is 3. The zero-order chi connectivity index (χ0) is 14.3. The lowest BCUT2D eigenvalue weighted by Crippen LogP contribution is -2.41. The van der Waals surface area contributed by atoms with Gasteiger partial charge in [-0.25, -0.2) is 4.79 Å². The molecule has 3 N–H and O–H groups in total. The van der Waals surface area contributed by atoms with E-state index >= 15 is 0 Å². The second-order valence-electron chi connectivity index (χ2n) is 4.08. The fraction of sp³-hybridized carbons (Fsp3) is 0.286. The van der Waals surface area contributed by atoms with Crippen LogP contribution in [-0.2, 0) is 16.0 Å². The van der Waals surface area contributed by atoms with Gasteiger partial charge in [0.25, 0.3) is 0 Å². The molecule has 0 aliphatic heterocycles. The number of carbonyl (C=O) groups excluding carboxylic acids is 1. The van der Waals surface area contributed by atoms with Crippen molar-refractivity contribution in [1.82, 2.24) is 5.32 Å². The molecule has 102 valence electrons. The molecule has 1 aromatic rings. The molecule has 1 aromatic carbocycles. The molecule has 19 heavy (non-hydrogen) atoms. The lowest BCUT2D eigenvalue weighted by atomic mass is 10.1. The Hall–Kier alpha value is -2.30. The number of aliphatic carboxylic acids is 1. The lowest BCUT2D eigenvalue weighted by molar-refractivity contribution is -0.141. The second-order valence-corrected chi connectivity index (χ2v) is 4.08. The summed E-state index contributed by atoms with van der Waals surface area (Å²) in [6.45, 7) is 1.88. The molecule has 1 amide bonds. The topological polar surface area (TPSA) is 86.6 Å².